The normalized spacial score (nSPS) is 23.9. The highest BCUT2D eigenvalue weighted by Crippen LogP contribution is 2.29. The van der Waals surface area contributed by atoms with Crippen molar-refractivity contribution in [3.05, 3.63) is 108 Å². The fraction of sp³-hybridized carbons (Fsp3) is 0.532. The molecule has 338 valence electrons. The van der Waals surface area contributed by atoms with Gasteiger partial charge in [-0.1, -0.05) is 106 Å². The molecule has 1 fully saturated rings. The standard InChI is InChI=1S/C47H70N4O10/c1-31(22-16-13-14-21-29-51(6)47(48)49)23-17-15-18-24-32(2)30-35(5)42(60-46-41(55)39(53)40(54)43(61-46)45(57)58)33(3)25-19-11-9-8-10-12-20-26-34(4)44(56)50-38-36(52)27-28-37(38)59-7/h8-13,16-17,19-20,23,25-26,30-33,39-43,46,53-55H,14-15,18,21-22,24,27-29H2,1-7H3,(H3,48,49)(H,50,56)(H,57,58)/b10-8+,11-9+,16-13+,20-12+,23-17+,25-19+,34-26+,35-30+. The molecule has 0 aromatic heterocycles. The number of aliphatic hydroxyl groups excluding tert-OH is 3. The Morgan fingerprint density at radius 3 is 2.23 bits per heavy atom. The third kappa shape index (κ3) is 18.7. The Hall–Kier alpha value is -4.86. The molecule has 1 amide bonds. The van der Waals surface area contributed by atoms with Gasteiger partial charge in [-0.3, -0.25) is 15.0 Å². The van der Waals surface area contributed by atoms with Crippen molar-refractivity contribution in [3.63, 3.8) is 0 Å². The molecule has 9 atom stereocenters. The summed E-state index contributed by atoms with van der Waals surface area (Å²) in [7, 11) is 3.29. The number of rotatable bonds is 25. The zero-order chi connectivity index (χ0) is 45.5. The second-order valence-electron chi connectivity index (χ2n) is 15.8. The molecule has 0 bridgehead atoms. The van der Waals surface area contributed by atoms with Crippen LogP contribution >= 0.6 is 0 Å². The molecule has 1 aliphatic carbocycles. The molecule has 9 unspecified atom stereocenters. The number of carboxylic acid groups (broad SMARTS) is 1. The summed E-state index contributed by atoms with van der Waals surface area (Å²) in [5.41, 5.74) is 6.95. The summed E-state index contributed by atoms with van der Waals surface area (Å²) in [5.74, 6) is -1.13. The first kappa shape index (κ1) is 52.3. The highest BCUT2D eigenvalue weighted by atomic mass is 16.7. The lowest BCUT2D eigenvalue weighted by Gasteiger charge is -2.40. The van der Waals surface area contributed by atoms with Crippen molar-refractivity contribution in [3.8, 4) is 0 Å². The number of ketones is 1. The molecule has 2 rings (SSSR count). The lowest BCUT2D eigenvalue weighted by Crippen LogP contribution is -2.61. The van der Waals surface area contributed by atoms with E-state index in [1.807, 2.05) is 51.3 Å². The number of amides is 1. The smallest absolute Gasteiger partial charge is 0.335 e. The molecule has 0 spiro atoms. The molecular formula is C47H70N4O10. The second-order valence-corrected chi connectivity index (χ2v) is 15.8. The van der Waals surface area contributed by atoms with Crippen LogP contribution in [0.1, 0.15) is 86.0 Å². The molecule has 14 nitrogen and oxygen atoms in total. The largest absolute Gasteiger partial charge is 0.499 e. The molecule has 8 N–H and O–H groups in total. The van der Waals surface area contributed by atoms with Gasteiger partial charge in [0, 0.05) is 37.9 Å². The van der Waals surface area contributed by atoms with Gasteiger partial charge in [0.05, 0.1) is 13.2 Å². The maximum Gasteiger partial charge on any atom is 0.335 e. The monoisotopic (exact) mass is 851 g/mol. The van der Waals surface area contributed by atoms with Crippen LogP contribution in [0.25, 0.3) is 0 Å². The number of hydrogen-bond donors (Lipinski definition) is 7. The molecular weight excluding hydrogens is 781 g/mol. The lowest BCUT2D eigenvalue weighted by atomic mass is 9.92. The lowest BCUT2D eigenvalue weighted by molar-refractivity contribution is -0.303. The number of carbonyl (C=O) groups excluding carboxylic acids is 2. The van der Waals surface area contributed by atoms with Gasteiger partial charge in [0.1, 0.15) is 29.8 Å². The van der Waals surface area contributed by atoms with Gasteiger partial charge in [0.25, 0.3) is 5.91 Å². The van der Waals surface area contributed by atoms with E-state index < -0.39 is 42.8 Å². The number of carbonyl (C=O) groups is 3. The Labute approximate surface area is 362 Å². The number of hydrogen-bond acceptors (Lipinski definition) is 10. The van der Waals surface area contributed by atoms with Gasteiger partial charge in [-0.2, -0.15) is 0 Å². The molecule has 61 heavy (non-hydrogen) atoms. The summed E-state index contributed by atoms with van der Waals surface area (Å²) in [6.07, 6.45) is 24.3. The number of nitrogens with zero attached hydrogens (tertiary/aromatic N) is 1. The zero-order valence-electron chi connectivity index (χ0n) is 36.9. The van der Waals surface area contributed by atoms with Gasteiger partial charge in [0.15, 0.2) is 24.1 Å². The van der Waals surface area contributed by atoms with Crippen molar-refractivity contribution in [2.75, 3.05) is 20.7 Å². The summed E-state index contributed by atoms with van der Waals surface area (Å²) >= 11 is 0. The summed E-state index contributed by atoms with van der Waals surface area (Å²) in [5, 5.41) is 51.0. The number of aliphatic hydroxyl groups is 3. The molecule has 2 aliphatic rings. The number of carboxylic acids is 1. The van der Waals surface area contributed by atoms with E-state index >= 15 is 0 Å². The molecule has 0 radical (unpaired) electrons. The van der Waals surface area contributed by atoms with Crippen molar-refractivity contribution < 1.29 is 49.0 Å². The maximum absolute atomic E-state index is 12.5. The molecule has 0 saturated carbocycles. The van der Waals surface area contributed by atoms with Crippen molar-refractivity contribution in [2.45, 2.75) is 123 Å². The van der Waals surface area contributed by atoms with Gasteiger partial charge in [-0.15, -0.1) is 0 Å². The minimum atomic E-state index is -1.83. The quantitative estimate of drug-likeness (QED) is 0.0142. The Kier molecular flexibility index (Phi) is 23.9. The van der Waals surface area contributed by atoms with E-state index in [0.717, 1.165) is 50.6 Å². The summed E-state index contributed by atoms with van der Waals surface area (Å²) < 4.78 is 16.9. The molecule has 1 aliphatic heterocycles. The number of allylic oxidation sites excluding steroid dienone is 15. The van der Waals surface area contributed by atoms with Crippen LogP contribution in [0.4, 0.5) is 0 Å². The van der Waals surface area contributed by atoms with Crippen LogP contribution < -0.4 is 11.1 Å². The van der Waals surface area contributed by atoms with Crippen LogP contribution in [0.2, 0.25) is 0 Å². The third-order valence-electron chi connectivity index (χ3n) is 10.4. The molecule has 0 aromatic rings. The number of nitrogens with two attached hydrogens (primary N) is 1. The highest BCUT2D eigenvalue weighted by Gasteiger charge is 2.48. The molecule has 14 heteroatoms. The number of unbranched alkanes of at least 4 members (excludes halogenated alkanes) is 2. The summed E-state index contributed by atoms with van der Waals surface area (Å²) in [6, 6.07) is 0. The van der Waals surface area contributed by atoms with Crippen molar-refractivity contribution in [2.24, 2.45) is 23.5 Å². The van der Waals surface area contributed by atoms with Crippen LogP contribution in [0.15, 0.2) is 108 Å². The highest BCUT2D eigenvalue weighted by molar-refractivity contribution is 6.04. The number of aliphatic carboxylic acids is 1. The summed E-state index contributed by atoms with van der Waals surface area (Å²) in [4.78, 5) is 38.0. The number of guanidine groups is 1. The third-order valence-corrected chi connectivity index (χ3v) is 10.4. The SMILES string of the molecule is COC1=C(NC(=O)/C(C)=C/C=C/C=C/C=C/C=C/C(C)C(OC2OC(C(=O)O)C(O)C(O)C2O)/C(C)=C/C(C)CCC/C=C/C(C)C/C=C/CCCN(C)C(=N)N)C(=O)CC1. The van der Waals surface area contributed by atoms with E-state index in [1.54, 1.807) is 36.1 Å². The van der Waals surface area contributed by atoms with Crippen LogP contribution in [0.3, 0.4) is 0 Å². The minimum absolute atomic E-state index is 0.0830. The fourth-order valence-corrected chi connectivity index (χ4v) is 6.67. The van der Waals surface area contributed by atoms with E-state index in [2.05, 4.69) is 49.5 Å². The van der Waals surface area contributed by atoms with Crippen molar-refractivity contribution in [1.82, 2.24) is 10.2 Å². The zero-order valence-corrected chi connectivity index (χ0v) is 36.9. The first-order chi connectivity index (χ1) is 29.0. The van der Waals surface area contributed by atoms with E-state index in [9.17, 15) is 34.8 Å². The number of ether oxygens (including phenoxy) is 3. The van der Waals surface area contributed by atoms with E-state index in [-0.39, 0.29) is 35.2 Å². The number of nitrogens with one attached hydrogen (secondary N) is 2. The Morgan fingerprint density at radius 2 is 1.57 bits per heavy atom. The Bertz CT molecular complexity index is 1720. The first-order valence-corrected chi connectivity index (χ1v) is 21.1. The van der Waals surface area contributed by atoms with Gasteiger partial charge in [-0.25, -0.2) is 4.79 Å². The topological polar surface area (TPSA) is 225 Å². The predicted octanol–water partition coefficient (Wildman–Crippen LogP) is 5.90. The van der Waals surface area contributed by atoms with E-state index in [4.69, 9.17) is 25.4 Å². The van der Waals surface area contributed by atoms with Crippen LogP contribution in [-0.4, -0.2) is 106 Å². The second kappa shape index (κ2) is 27.9. The Balaban J connectivity index is 2.02. The van der Waals surface area contributed by atoms with Crippen molar-refractivity contribution in [1.29, 1.82) is 5.41 Å². The average Bonchev–Trinajstić information content (AvgIpc) is 3.57. The molecule has 1 heterocycles. The molecule has 1 saturated heterocycles. The van der Waals surface area contributed by atoms with Crippen LogP contribution in [-0.2, 0) is 28.6 Å². The fourth-order valence-electron chi connectivity index (χ4n) is 6.67. The number of Topliss-reactive ketones (excluding diaryl/α,β-unsaturated/α-hetero) is 1. The van der Waals surface area contributed by atoms with Gasteiger partial charge < -0.3 is 50.6 Å². The number of methoxy groups -OCH3 is 1. The van der Waals surface area contributed by atoms with E-state index in [0.29, 0.717) is 30.1 Å². The van der Waals surface area contributed by atoms with Gasteiger partial charge in [-0.05, 0) is 69.8 Å². The summed E-state index contributed by atoms with van der Waals surface area (Å²) in [6.45, 7) is 10.5. The van der Waals surface area contributed by atoms with Gasteiger partial charge >= 0.3 is 5.97 Å². The van der Waals surface area contributed by atoms with E-state index in [1.165, 1.54) is 7.11 Å². The first-order valence-electron chi connectivity index (χ1n) is 21.1. The maximum atomic E-state index is 12.5. The molecule has 0 aromatic carbocycles. The van der Waals surface area contributed by atoms with Crippen LogP contribution in [0, 0.1) is 23.2 Å². The minimum Gasteiger partial charge on any atom is -0.499 e. The predicted molar refractivity (Wildman–Crippen MR) is 238 cm³/mol. The Morgan fingerprint density at radius 1 is 0.918 bits per heavy atom. The van der Waals surface area contributed by atoms with Gasteiger partial charge in [0.2, 0.25) is 0 Å². The van der Waals surface area contributed by atoms with Crippen molar-refractivity contribution >= 4 is 23.6 Å². The average molecular weight is 851 g/mol. The van der Waals surface area contributed by atoms with Crippen LogP contribution in [0.5, 0.6) is 0 Å².